The largest absolute Gasteiger partial charge is 0.493 e. The fourth-order valence-corrected chi connectivity index (χ4v) is 2.90. The first kappa shape index (κ1) is 15.7. The number of methoxy groups -OCH3 is 1. The van der Waals surface area contributed by atoms with Crippen molar-refractivity contribution in [3.63, 3.8) is 0 Å². The average Bonchev–Trinajstić information content (AvgIpc) is 2.90. The Kier molecular flexibility index (Phi) is 4.43. The highest BCUT2D eigenvalue weighted by Crippen LogP contribution is 2.39. The van der Waals surface area contributed by atoms with Crippen molar-refractivity contribution in [3.05, 3.63) is 29.5 Å². The zero-order valence-electron chi connectivity index (χ0n) is 11.8. The van der Waals surface area contributed by atoms with Crippen LogP contribution in [0.25, 0.3) is 11.4 Å². The first-order valence-electron chi connectivity index (χ1n) is 6.13. The third kappa shape index (κ3) is 3.14. The van der Waals surface area contributed by atoms with Crippen LogP contribution >= 0.6 is 11.6 Å². The van der Waals surface area contributed by atoms with Crippen molar-refractivity contribution in [3.8, 4) is 22.9 Å². The minimum Gasteiger partial charge on any atom is -0.493 e. The third-order valence-corrected chi connectivity index (χ3v) is 4.03. The van der Waals surface area contributed by atoms with Crippen LogP contribution in [0.4, 0.5) is 0 Å². The minimum absolute atomic E-state index is 0.265. The van der Waals surface area contributed by atoms with Crippen molar-refractivity contribution in [1.82, 2.24) is 8.96 Å². The van der Waals surface area contributed by atoms with Crippen molar-refractivity contribution in [2.24, 2.45) is 0 Å². The molecule has 0 aliphatic heterocycles. The molecule has 6 nitrogen and oxygen atoms in total. The highest BCUT2D eigenvalue weighted by Gasteiger charge is 2.18. The van der Waals surface area contributed by atoms with Crippen LogP contribution in [0.15, 0.2) is 24.5 Å². The van der Waals surface area contributed by atoms with Crippen molar-refractivity contribution in [1.29, 1.82) is 0 Å². The lowest BCUT2D eigenvalue weighted by Crippen LogP contribution is -2.10. The molecule has 0 unspecified atom stereocenters. The molecule has 0 aliphatic rings. The molecule has 0 saturated heterocycles. The molecule has 0 atom stereocenters. The van der Waals surface area contributed by atoms with Gasteiger partial charge in [-0.2, -0.15) is 0 Å². The summed E-state index contributed by atoms with van der Waals surface area (Å²) in [5, 5.41) is 0.328. The second-order valence-corrected chi connectivity index (χ2v) is 6.50. The number of hydrogen-bond donors (Lipinski definition) is 0. The highest BCUT2D eigenvalue weighted by molar-refractivity contribution is 7.89. The van der Waals surface area contributed by atoms with Gasteiger partial charge in [0.1, 0.15) is 0 Å². The van der Waals surface area contributed by atoms with E-state index in [1.54, 1.807) is 12.1 Å². The first-order chi connectivity index (χ1) is 9.88. The molecule has 0 bridgehead atoms. The van der Waals surface area contributed by atoms with Crippen LogP contribution in [0, 0.1) is 0 Å². The van der Waals surface area contributed by atoms with Gasteiger partial charge in [-0.3, -0.25) is 0 Å². The van der Waals surface area contributed by atoms with Gasteiger partial charge in [-0.25, -0.2) is 17.4 Å². The van der Waals surface area contributed by atoms with Gasteiger partial charge in [-0.05, 0) is 19.1 Å². The molecular weight excluding hydrogens is 316 g/mol. The summed E-state index contributed by atoms with van der Waals surface area (Å²) >= 11 is 6.18. The SMILES string of the molecule is CCOc1c(Cl)cc(-c2nccn2S(C)(=O)=O)cc1OC. The van der Waals surface area contributed by atoms with E-state index in [1.165, 1.54) is 19.5 Å². The molecule has 0 fully saturated rings. The van der Waals surface area contributed by atoms with Gasteiger partial charge in [0.2, 0.25) is 10.0 Å². The van der Waals surface area contributed by atoms with Gasteiger partial charge in [-0.15, -0.1) is 0 Å². The second kappa shape index (κ2) is 5.95. The molecule has 2 rings (SSSR count). The molecule has 1 aromatic carbocycles. The molecule has 0 N–H and O–H groups in total. The molecule has 1 aromatic heterocycles. The summed E-state index contributed by atoms with van der Waals surface area (Å²) in [5.74, 6) is 1.10. The van der Waals surface area contributed by atoms with E-state index in [2.05, 4.69) is 4.98 Å². The first-order valence-corrected chi connectivity index (χ1v) is 8.35. The normalized spacial score (nSPS) is 11.4. The van der Waals surface area contributed by atoms with E-state index in [4.69, 9.17) is 21.1 Å². The summed E-state index contributed by atoms with van der Waals surface area (Å²) < 4.78 is 35.2. The van der Waals surface area contributed by atoms with E-state index < -0.39 is 10.0 Å². The van der Waals surface area contributed by atoms with Gasteiger partial charge < -0.3 is 9.47 Å². The van der Waals surface area contributed by atoms with E-state index in [-0.39, 0.29) is 5.82 Å². The molecule has 8 heteroatoms. The third-order valence-electron chi connectivity index (χ3n) is 2.74. The van der Waals surface area contributed by atoms with E-state index in [1.807, 2.05) is 6.92 Å². The van der Waals surface area contributed by atoms with Crippen molar-refractivity contribution < 1.29 is 17.9 Å². The number of benzene rings is 1. The summed E-state index contributed by atoms with van der Waals surface area (Å²) in [5.41, 5.74) is 0.524. The molecule has 0 aliphatic carbocycles. The lowest BCUT2D eigenvalue weighted by atomic mass is 10.2. The van der Waals surface area contributed by atoms with Gasteiger partial charge in [0, 0.05) is 18.0 Å². The van der Waals surface area contributed by atoms with Crippen LogP contribution in [0.5, 0.6) is 11.5 Å². The number of aromatic nitrogens is 2. The van der Waals surface area contributed by atoms with Crippen LogP contribution in [0.2, 0.25) is 5.02 Å². The van der Waals surface area contributed by atoms with Crippen LogP contribution in [0.1, 0.15) is 6.92 Å². The number of halogens is 1. The lowest BCUT2D eigenvalue weighted by molar-refractivity contribution is 0.311. The Balaban J connectivity index is 2.62. The molecule has 21 heavy (non-hydrogen) atoms. The Hall–Kier alpha value is -1.73. The summed E-state index contributed by atoms with van der Waals surface area (Å²) in [4.78, 5) is 4.07. The van der Waals surface area contributed by atoms with Gasteiger partial charge in [0.15, 0.2) is 17.3 Å². The molecule has 1 heterocycles. The Morgan fingerprint density at radius 2 is 2.10 bits per heavy atom. The fourth-order valence-electron chi connectivity index (χ4n) is 1.89. The smallest absolute Gasteiger partial charge is 0.237 e. The number of imidazole rings is 1. The summed E-state index contributed by atoms with van der Waals surface area (Å²) in [6, 6.07) is 3.24. The summed E-state index contributed by atoms with van der Waals surface area (Å²) in [6.07, 6.45) is 3.89. The average molecular weight is 331 g/mol. The van der Waals surface area contributed by atoms with Crippen LogP contribution < -0.4 is 9.47 Å². The van der Waals surface area contributed by atoms with Gasteiger partial charge >= 0.3 is 0 Å². The Morgan fingerprint density at radius 1 is 1.38 bits per heavy atom. The fraction of sp³-hybridized carbons (Fsp3) is 0.308. The predicted molar refractivity (Wildman–Crippen MR) is 80.6 cm³/mol. The molecule has 0 amide bonds. The van der Waals surface area contributed by atoms with E-state index in [9.17, 15) is 8.42 Å². The van der Waals surface area contributed by atoms with Crippen molar-refractivity contribution >= 4 is 21.6 Å². The maximum atomic E-state index is 11.7. The lowest BCUT2D eigenvalue weighted by Gasteiger charge is -2.13. The van der Waals surface area contributed by atoms with Crippen LogP contribution in [0.3, 0.4) is 0 Å². The van der Waals surface area contributed by atoms with E-state index in [0.717, 1.165) is 10.2 Å². The minimum atomic E-state index is -3.45. The Labute approximate surface area is 128 Å². The van der Waals surface area contributed by atoms with Gasteiger partial charge in [-0.1, -0.05) is 11.6 Å². The molecule has 2 aromatic rings. The Bertz CT molecular complexity index is 756. The zero-order valence-corrected chi connectivity index (χ0v) is 13.4. The summed E-state index contributed by atoms with van der Waals surface area (Å²) in [7, 11) is -1.96. The Morgan fingerprint density at radius 3 is 2.67 bits per heavy atom. The molecule has 0 spiro atoms. The van der Waals surface area contributed by atoms with Crippen LogP contribution in [-0.4, -0.2) is 37.3 Å². The maximum Gasteiger partial charge on any atom is 0.237 e. The van der Waals surface area contributed by atoms with Crippen molar-refractivity contribution in [2.75, 3.05) is 20.0 Å². The standard InChI is InChI=1S/C13H15ClN2O4S/c1-4-20-12-10(14)7-9(8-11(12)19-2)13-15-5-6-16(13)21(3,17)18/h5-8H,4H2,1-3H3. The molecule has 114 valence electrons. The zero-order chi connectivity index (χ0) is 15.6. The quantitative estimate of drug-likeness (QED) is 0.842. The van der Waals surface area contributed by atoms with E-state index in [0.29, 0.717) is 28.7 Å². The number of rotatable bonds is 5. The monoisotopic (exact) mass is 330 g/mol. The molecular formula is C13H15ClN2O4S. The molecule has 0 saturated carbocycles. The second-order valence-electron chi connectivity index (χ2n) is 4.23. The topological polar surface area (TPSA) is 70.4 Å². The summed E-state index contributed by atoms with van der Waals surface area (Å²) in [6.45, 7) is 2.27. The van der Waals surface area contributed by atoms with E-state index >= 15 is 0 Å². The highest BCUT2D eigenvalue weighted by atomic mass is 35.5. The number of ether oxygens (including phenoxy) is 2. The maximum absolute atomic E-state index is 11.7. The number of hydrogen-bond acceptors (Lipinski definition) is 5. The molecule has 0 radical (unpaired) electrons. The van der Waals surface area contributed by atoms with Crippen LogP contribution in [-0.2, 0) is 10.0 Å². The number of nitrogens with zero attached hydrogens (tertiary/aromatic N) is 2. The van der Waals surface area contributed by atoms with Gasteiger partial charge in [0.25, 0.3) is 0 Å². The van der Waals surface area contributed by atoms with Crippen molar-refractivity contribution in [2.45, 2.75) is 6.92 Å². The predicted octanol–water partition coefficient (Wildman–Crippen LogP) is 2.42. The van der Waals surface area contributed by atoms with Gasteiger partial charge in [0.05, 0.1) is 25.0 Å².